The summed E-state index contributed by atoms with van der Waals surface area (Å²) < 4.78 is 42.5. The van der Waals surface area contributed by atoms with E-state index in [1.807, 2.05) is 6.07 Å². The highest BCUT2D eigenvalue weighted by Crippen LogP contribution is 2.39. The van der Waals surface area contributed by atoms with Crippen LogP contribution in [0.1, 0.15) is 21.6 Å². The molecule has 0 saturated heterocycles. The average molecular weight is 494 g/mol. The van der Waals surface area contributed by atoms with Gasteiger partial charge in [0.2, 0.25) is 0 Å². The maximum absolute atomic E-state index is 14.1. The number of rotatable bonds is 4. The summed E-state index contributed by atoms with van der Waals surface area (Å²) in [5.74, 6) is -1.88. The highest BCUT2D eigenvalue weighted by atomic mass is 35.5. The number of alkyl halides is 3. The lowest BCUT2D eigenvalue weighted by atomic mass is 10.0. The van der Waals surface area contributed by atoms with Crippen molar-refractivity contribution in [2.45, 2.75) is 6.18 Å². The molecule has 4 aromatic rings. The summed E-state index contributed by atoms with van der Waals surface area (Å²) in [4.78, 5) is 21.1. The van der Waals surface area contributed by atoms with Gasteiger partial charge < -0.3 is 5.73 Å². The molecule has 15 heteroatoms. The van der Waals surface area contributed by atoms with Crippen molar-refractivity contribution in [2.24, 2.45) is 5.73 Å². The van der Waals surface area contributed by atoms with Crippen molar-refractivity contribution < 1.29 is 18.0 Å². The second kappa shape index (κ2) is 8.15. The van der Waals surface area contributed by atoms with Crippen LogP contribution in [0.4, 0.5) is 13.2 Å². The molecule has 0 spiro atoms. The molecule has 0 bridgehead atoms. The molecule has 1 amide bonds. The average Bonchev–Trinajstić information content (AvgIpc) is 3.43. The summed E-state index contributed by atoms with van der Waals surface area (Å²) in [6.07, 6.45) is -0.169. The lowest BCUT2D eigenvalue weighted by molar-refractivity contribution is -0.143. The minimum Gasteiger partial charge on any atom is -0.365 e. The monoisotopic (exact) mass is 493 g/mol. The van der Waals surface area contributed by atoms with Crippen molar-refractivity contribution in [1.82, 2.24) is 34.7 Å². The van der Waals surface area contributed by atoms with Gasteiger partial charge in [0.05, 0.1) is 28.5 Å². The van der Waals surface area contributed by atoms with Gasteiger partial charge in [-0.3, -0.25) is 4.79 Å². The molecule has 0 unspecified atom stereocenters. The summed E-state index contributed by atoms with van der Waals surface area (Å²) in [6, 6.07) is 4.30. The van der Waals surface area contributed by atoms with Gasteiger partial charge in [0.1, 0.15) is 16.8 Å². The zero-order valence-corrected chi connectivity index (χ0v) is 17.4. The van der Waals surface area contributed by atoms with Crippen LogP contribution in [0, 0.1) is 11.3 Å². The third kappa shape index (κ3) is 3.86. The van der Waals surface area contributed by atoms with E-state index in [9.17, 15) is 23.2 Å². The van der Waals surface area contributed by atoms with Gasteiger partial charge in [-0.2, -0.15) is 33.7 Å². The van der Waals surface area contributed by atoms with Gasteiger partial charge in [-0.1, -0.05) is 23.2 Å². The predicted molar refractivity (Wildman–Crippen MR) is 108 cm³/mol. The van der Waals surface area contributed by atoms with Crippen molar-refractivity contribution in [2.75, 3.05) is 0 Å². The fourth-order valence-electron chi connectivity index (χ4n) is 2.98. The Balaban J connectivity index is 2.02. The number of amides is 1. The number of carbonyl (C=O) groups is 1. The van der Waals surface area contributed by atoms with E-state index in [-0.39, 0.29) is 27.0 Å². The molecule has 2 N–H and O–H groups in total. The van der Waals surface area contributed by atoms with E-state index >= 15 is 0 Å². The summed E-state index contributed by atoms with van der Waals surface area (Å²) >= 11 is 12.0. The molecule has 0 aliphatic rings. The number of hydrogen-bond donors (Lipinski definition) is 1. The largest absolute Gasteiger partial charge is 0.434 e. The van der Waals surface area contributed by atoms with Gasteiger partial charge in [0.25, 0.3) is 5.91 Å². The number of nitriles is 1. The zero-order valence-electron chi connectivity index (χ0n) is 15.9. The number of primary amides is 1. The first kappa shape index (κ1) is 22.2. The number of carbonyl (C=O) groups excluding carboxylic acids is 1. The number of pyridine rings is 2. The Morgan fingerprint density at radius 1 is 1.12 bits per heavy atom. The molecule has 4 heterocycles. The van der Waals surface area contributed by atoms with Crippen molar-refractivity contribution in [3.8, 4) is 29.0 Å². The Bertz CT molecular complexity index is 1430. The molecular weight excluding hydrogens is 486 g/mol. The molecule has 0 aliphatic carbocycles. The van der Waals surface area contributed by atoms with Crippen LogP contribution < -0.4 is 5.73 Å². The number of halogens is 5. The van der Waals surface area contributed by atoms with Crippen LogP contribution in [0.5, 0.6) is 0 Å². The zero-order chi connectivity index (χ0) is 23.9. The van der Waals surface area contributed by atoms with Gasteiger partial charge in [0, 0.05) is 18.0 Å². The molecule has 4 rings (SSSR count). The Labute approximate surface area is 192 Å². The van der Waals surface area contributed by atoms with Gasteiger partial charge in [-0.25, -0.2) is 14.6 Å². The molecular formula is C18H8Cl2F3N9O. The van der Waals surface area contributed by atoms with E-state index in [1.165, 1.54) is 24.5 Å². The van der Waals surface area contributed by atoms with Gasteiger partial charge in [-0.15, -0.1) is 4.80 Å². The second-order valence-corrected chi connectivity index (χ2v) is 7.09. The first-order chi connectivity index (χ1) is 15.6. The van der Waals surface area contributed by atoms with E-state index in [0.29, 0.717) is 4.68 Å². The van der Waals surface area contributed by atoms with Crippen LogP contribution in [-0.4, -0.2) is 40.6 Å². The normalized spacial score (nSPS) is 11.4. The quantitative estimate of drug-likeness (QED) is 0.459. The maximum atomic E-state index is 14.1. The molecule has 4 aromatic heterocycles. The van der Waals surface area contributed by atoms with E-state index < -0.39 is 34.9 Å². The lowest BCUT2D eigenvalue weighted by Gasteiger charge is -2.12. The summed E-state index contributed by atoms with van der Waals surface area (Å²) in [5.41, 5.74) is 2.14. The Hall–Kier alpha value is -4.02. The van der Waals surface area contributed by atoms with Crippen LogP contribution in [0.15, 0.2) is 36.9 Å². The van der Waals surface area contributed by atoms with Gasteiger partial charge >= 0.3 is 6.18 Å². The lowest BCUT2D eigenvalue weighted by Crippen LogP contribution is -2.21. The van der Waals surface area contributed by atoms with Crippen molar-refractivity contribution in [3.63, 3.8) is 0 Å². The van der Waals surface area contributed by atoms with Crippen LogP contribution in [0.3, 0.4) is 0 Å². The Morgan fingerprint density at radius 2 is 1.82 bits per heavy atom. The number of hydrogen-bond acceptors (Lipinski definition) is 7. The highest BCUT2D eigenvalue weighted by molar-refractivity contribution is 6.43. The van der Waals surface area contributed by atoms with E-state index in [4.69, 9.17) is 28.9 Å². The summed E-state index contributed by atoms with van der Waals surface area (Å²) in [5, 5.41) is 20.7. The number of aromatic nitrogens is 7. The maximum Gasteiger partial charge on any atom is 0.434 e. The summed E-state index contributed by atoms with van der Waals surface area (Å²) in [7, 11) is 0. The molecule has 0 aliphatic heterocycles. The standard InChI is InChI=1S/C18H8Cl2F3N9O/c19-10-1-2-26-17(12(10)20)31-14(18(21,22)23)11(15(25)33)13(30-31)9-5-8(6-24)16(27-7-9)32-28-3-4-29-32/h1-5,7H,(H2,25,33). The molecule has 0 radical (unpaired) electrons. The Kier molecular flexibility index (Phi) is 5.48. The van der Waals surface area contributed by atoms with Crippen LogP contribution >= 0.6 is 23.2 Å². The van der Waals surface area contributed by atoms with Crippen molar-refractivity contribution in [3.05, 3.63) is 63.8 Å². The van der Waals surface area contributed by atoms with Crippen LogP contribution in [0.25, 0.3) is 22.9 Å². The molecule has 33 heavy (non-hydrogen) atoms. The fourth-order valence-corrected chi connectivity index (χ4v) is 3.31. The SMILES string of the molecule is N#Cc1cc(-c2nn(-c3nccc(Cl)c3Cl)c(C(F)(F)F)c2C(N)=O)cnc1-n1nccn1. The topological polar surface area (TPSA) is 141 Å². The van der Waals surface area contributed by atoms with Crippen molar-refractivity contribution >= 4 is 29.1 Å². The smallest absolute Gasteiger partial charge is 0.365 e. The van der Waals surface area contributed by atoms with E-state index in [1.54, 1.807) is 0 Å². The van der Waals surface area contributed by atoms with Crippen LogP contribution in [0.2, 0.25) is 10.0 Å². The summed E-state index contributed by atoms with van der Waals surface area (Å²) in [6.45, 7) is 0. The number of nitrogens with zero attached hydrogens (tertiary/aromatic N) is 8. The molecule has 0 saturated carbocycles. The van der Waals surface area contributed by atoms with E-state index in [0.717, 1.165) is 17.2 Å². The van der Waals surface area contributed by atoms with E-state index in [2.05, 4.69) is 25.3 Å². The molecule has 10 nitrogen and oxygen atoms in total. The molecule has 0 atom stereocenters. The molecule has 0 fully saturated rings. The van der Waals surface area contributed by atoms with Gasteiger partial charge in [-0.05, 0) is 12.1 Å². The highest BCUT2D eigenvalue weighted by Gasteiger charge is 2.43. The molecule has 0 aromatic carbocycles. The molecule has 166 valence electrons. The number of nitrogens with two attached hydrogens (primary N) is 1. The first-order valence-corrected chi connectivity index (χ1v) is 9.46. The minimum absolute atomic E-state index is 0.0157. The minimum atomic E-state index is -5.09. The second-order valence-electron chi connectivity index (χ2n) is 6.30. The fraction of sp³-hybridized carbons (Fsp3) is 0.0556. The Morgan fingerprint density at radius 3 is 2.42 bits per heavy atom. The van der Waals surface area contributed by atoms with Crippen molar-refractivity contribution in [1.29, 1.82) is 5.26 Å². The van der Waals surface area contributed by atoms with Gasteiger partial charge in [0.15, 0.2) is 17.3 Å². The van der Waals surface area contributed by atoms with Crippen LogP contribution in [-0.2, 0) is 6.18 Å². The third-order valence-electron chi connectivity index (χ3n) is 4.29. The third-order valence-corrected chi connectivity index (χ3v) is 5.08. The first-order valence-electron chi connectivity index (χ1n) is 8.71. The predicted octanol–water partition coefficient (Wildman–Crippen LogP) is 3.21.